The molecule has 1 amide bonds. The van der Waals surface area contributed by atoms with Gasteiger partial charge in [-0.05, 0) is 37.3 Å². The molecule has 1 aliphatic rings. The van der Waals surface area contributed by atoms with Crippen molar-refractivity contribution in [3.05, 3.63) is 30.1 Å². The zero-order valence-electron chi connectivity index (χ0n) is 18.2. The highest BCUT2D eigenvalue weighted by Crippen LogP contribution is 2.32. The summed E-state index contributed by atoms with van der Waals surface area (Å²) in [6.07, 6.45) is 3.54. The highest BCUT2D eigenvalue weighted by atomic mass is 32.2. The number of aromatic nitrogens is 4. The Bertz CT molecular complexity index is 1000. The molecule has 31 heavy (non-hydrogen) atoms. The van der Waals surface area contributed by atoms with Crippen molar-refractivity contribution < 1.29 is 4.79 Å². The van der Waals surface area contributed by atoms with Crippen LogP contribution in [-0.4, -0.2) is 37.5 Å². The molecule has 3 aromatic rings. The fraction of sp³-hybridized carbons (Fsp3) is 0.545. The predicted octanol–water partition coefficient (Wildman–Crippen LogP) is 5.23. The number of nitrogens with zero attached hydrogens (tertiary/aromatic N) is 4. The Kier molecular flexibility index (Phi) is 7.55. The van der Waals surface area contributed by atoms with Crippen LogP contribution in [-0.2, 0) is 17.1 Å². The lowest BCUT2D eigenvalue weighted by molar-refractivity contribution is -0.120. The number of hydrogen-bond donors (Lipinski definition) is 1. The van der Waals surface area contributed by atoms with Gasteiger partial charge in [-0.3, -0.25) is 4.79 Å². The minimum atomic E-state index is 0.0898. The first kappa shape index (κ1) is 22.6. The lowest BCUT2D eigenvalue weighted by Crippen LogP contribution is -2.44. The van der Waals surface area contributed by atoms with Crippen LogP contribution in [0.3, 0.4) is 0 Å². The second-order valence-electron chi connectivity index (χ2n) is 8.11. The maximum Gasteiger partial charge on any atom is 0.230 e. The van der Waals surface area contributed by atoms with Gasteiger partial charge in [0.15, 0.2) is 9.50 Å². The number of para-hydroxylation sites is 1. The molecule has 0 aliphatic heterocycles. The lowest BCUT2D eigenvalue weighted by atomic mass is 9.78. The van der Waals surface area contributed by atoms with E-state index in [1.165, 1.54) is 29.3 Å². The third-order valence-corrected chi connectivity index (χ3v) is 9.24. The average Bonchev–Trinajstić information content (AvgIpc) is 3.36. The SMILES string of the molecule is CCn1c(CSc2nc3ccccc3s2)nnc1SCC(=O)NC1CCCC(C)C1C. The molecule has 0 spiro atoms. The number of thiazole rings is 1. The third kappa shape index (κ3) is 5.43. The summed E-state index contributed by atoms with van der Waals surface area (Å²) >= 11 is 4.86. The number of carbonyl (C=O) groups excluding carboxylic acids is 1. The summed E-state index contributed by atoms with van der Waals surface area (Å²) in [5.41, 5.74) is 1.04. The Labute approximate surface area is 196 Å². The van der Waals surface area contributed by atoms with Gasteiger partial charge in [0, 0.05) is 12.6 Å². The summed E-state index contributed by atoms with van der Waals surface area (Å²) in [7, 11) is 0. The summed E-state index contributed by atoms with van der Waals surface area (Å²) < 4.78 is 4.34. The van der Waals surface area contributed by atoms with Gasteiger partial charge in [-0.15, -0.1) is 21.5 Å². The molecule has 0 bridgehead atoms. The van der Waals surface area contributed by atoms with Crippen molar-refractivity contribution in [1.29, 1.82) is 0 Å². The second-order valence-corrected chi connectivity index (χ2v) is 11.3. The Morgan fingerprint density at radius 2 is 2.06 bits per heavy atom. The molecule has 0 radical (unpaired) electrons. The van der Waals surface area contributed by atoms with E-state index in [0.717, 1.165) is 33.8 Å². The molecule has 1 N–H and O–H groups in total. The van der Waals surface area contributed by atoms with E-state index in [1.807, 2.05) is 18.2 Å². The molecule has 6 nitrogen and oxygen atoms in total. The van der Waals surface area contributed by atoms with E-state index in [1.54, 1.807) is 23.1 Å². The van der Waals surface area contributed by atoms with E-state index >= 15 is 0 Å². The topological polar surface area (TPSA) is 72.7 Å². The quantitative estimate of drug-likeness (QED) is 0.450. The van der Waals surface area contributed by atoms with Crippen molar-refractivity contribution in [1.82, 2.24) is 25.1 Å². The fourth-order valence-electron chi connectivity index (χ4n) is 4.05. The van der Waals surface area contributed by atoms with Crippen LogP contribution in [0.25, 0.3) is 10.2 Å². The van der Waals surface area contributed by atoms with Crippen LogP contribution in [0.15, 0.2) is 33.8 Å². The zero-order chi connectivity index (χ0) is 21.8. The van der Waals surface area contributed by atoms with Gasteiger partial charge in [0.1, 0.15) is 5.82 Å². The van der Waals surface area contributed by atoms with Crippen molar-refractivity contribution in [2.45, 2.75) is 67.9 Å². The van der Waals surface area contributed by atoms with Crippen molar-refractivity contribution in [3.63, 3.8) is 0 Å². The lowest BCUT2D eigenvalue weighted by Gasteiger charge is -2.34. The number of hydrogen-bond acceptors (Lipinski definition) is 7. The number of amides is 1. The molecular formula is C22H29N5OS3. The summed E-state index contributed by atoms with van der Waals surface area (Å²) in [5, 5.41) is 12.8. The number of carbonyl (C=O) groups is 1. The van der Waals surface area contributed by atoms with Crippen LogP contribution in [0.1, 0.15) is 45.9 Å². The zero-order valence-corrected chi connectivity index (χ0v) is 20.7. The molecule has 1 fully saturated rings. The Morgan fingerprint density at radius 1 is 1.23 bits per heavy atom. The Morgan fingerprint density at radius 3 is 2.87 bits per heavy atom. The molecular weight excluding hydrogens is 446 g/mol. The smallest absolute Gasteiger partial charge is 0.230 e. The standard InChI is InChI=1S/C22H29N5OS3/c1-4-27-19(12-30-22-24-17-9-5-6-11-18(17)31-22)25-26-21(27)29-13-20(28)23-16-10-7-8-14(2)15(16)3/h5-6,9,11,14-16H,4,7-8,10,12-13H2,1-3H3,(H,23,28). The van der Waals surface area contributed by atoms with Gasteiger partial charge in [0.25, 0.3) is 0 Å². The van der Waals surface area contributed by atoms with Crippen molar-refractivity contribution in [3.8, 4) is 0 Å². The van der Waals surface area contributed by atoms with Gasteiger partial charge in [-0.1, -0.05) is 62.3 Å². The summed E-state index contributed by atoms with van der Waals surface area (Å²) in [5.74, 6) is 3.31. The third-order valence-electron chi connectivity index (χ3n) is 6.09. The van der Waals surface area contributed by atoms with E-state index in [-0.39, 0.29) is 5.91 Å². The first-order chi connectivity index (χ1) is 15.0. The summed E-state index contributed by atoms with van der Waals surface area (Å²) in [6.45, 7) is 7.41. The van der Waals surface area contributed by atoms with Crippen molar-refractivity contribution in [2.75, 3.05) is 5.75 Å². The maximum absolute atomic E-state index is 12.5. The van der Waals surface area contributed by atoms with E-state index in [9.17, 15) is 4.79 Å². The number of thioether (sulfide) groups is 2. The minimum Gasteiger partial charge on any atom is -0.352 e. The molecule has 1 saturated carbocycles. The van der Waals surface area contributed by atoms with Gasteiger partial charge >= 0.3 is 0 Å². The minimum absolute atomic E-state index is 0.0898. The van der Waals surface area contributed by atoms with Crippen molar-refractivity contribution in [2.24, 2.45) is 11.8 Å². The summed E-state index contributed by atoms with van der Waals surface area (Å²) in [6, 6.07) is 8.48. The number of fused-ring (bicyclic) bond motifs is 1. The highest BCUT2D eigenvalue weighted by Gasteiger charge is 2.28. The predicted molar refractivity (Wildman–Crippen MR) is 130 cm³/mol. The van der Waals surface area contributed by atoms with Crippen LogP contribution >= 0.6 is 34.9 Å². The second kappa shape index (κ2) is 10.4. The van der Waals surface area contributed by atoms with Crippen LogP contribution < -0.4 is 5.32 Å². The van der Waals surface area contributed by atoms with E-state index in [0.29, 0.717) is 29.4 Å². The highest BCUT2D eigenvalue weighted by molar-refractivity contribution is 8.00. The number of nitrogens with one attached hydrogen (secondary N) is 1. The molecule has 2 heterocycles. The molecule has 9 heteroatoms. The van der Waals surface area contributed by atoms with Gasteiger partial charge in [0.2, 0.25) is 5.91 Å². The summed E-state index contributed by atoms with van der Waals surface area (Å²) in [4.78, 5) is 17.2. The van der Waals surface area contributed by atoms with Gasteiger partial charge in [-0.25, -0.2) is 4.98 Å². The maximum atomic E-state index is 12.5. The molecule has 3 atom stereocenters. The van der Waals surface area contributed by atoms with Crippen LogP contribution in [0.2, 0.25) is 0 Å². The van der Waals surface area contributed by atoms with Gasteiger partial charge in [0.05, 0.1) is 21.7 Å². The van der Waals surface area contributed by atoms with E-state index in [4.69, 9.17) is 0 Å². The van der Waals surface area contributed by atoms with E-state index in [2.05, 4.69) is 51.9 Å². The first-order valence-corrected chi connectivity index (χ1v) is 13.7. The van der Waals surface area contributed by atoms with Crippen LogP contribution in [0, 0.1) is 11.8 Å². The monoisotopic (exact) mass is 475 g/mol. The molecule has 1 aromatic carbocycles. The first-order valence-electron chi connectivity index (χ1n) is 10.9. The van der Waals surface area contributed by atoms with Gasteiger partial charge in [-0.2, -0.15) is 0 Å². The molecule has 3 unspecified atom stereocenters. The molecule has 4 rings (SSSR count). The molecule has 0 saturated heterocycles. The van der Waals surface area contributed by atoms with Gasteiger partial charge < -0.3 is 9.88 Å². The fourth-order valence-corrected chi connectivity index (χ4v) is 6.89. The number of rotatable bonds is 8. The van der Waals surface area contributed by atoms with Crippen LogP contribution in [0.5, 0.6) is 0 Å². The average molecular weight is 476 g/mol. The largest absolute Gasteiger partial charge is 0.352 e. The van der Waals surface area contributed by atoms with E-state index < -0.39 is 0 Å². The molecule has 166 valence electrons. The Balaban J connectivity index is 1.32. The molecule has 2 aromatic heterocycles. The van der Waals surface area contributed by atoms with Crippen LogP contribution in [0.4, 0.5) is 0 Å². The number of benzene rings is 1. The Hall–Kier alpha value is -1.58. The molecule has 1 aliphatic carbocycles. The normalized spacial score (nSPS) is 21.5. The van der Waals surface area contributed by atoms with Crippen molar-refractivity contribution >= 4 is 51.0 Å².